The van der Waals surface area contributed by atoms with Crippen LogP contribution in [-0.2, 0) is 6.54 Å². The van der Waals surface area contributed by atoms with Crippen molar-refractivity contribution in [2.24, 2.45) is 17.8 Å². The molecule has 2 aliphatic rings. The summed E-state index contributed by atoms with van der Waals surface area (Å²) in [5.74, 6) is -3.35. The number of rotatable bonds is 3. The van der Waals surface area contributed by atoms with E-state index in [0.29, 0.717) is 36.6 Å². The van der Waals surface area contributed by atoms with E-state index < -0.39 is 23.7 Å². The fourth-order valence-electron chi connectivity index (χ4n) is 3.89. The summed E-state index contributed by atoms with van der Waals surface area (Å²) in [6.45, 7) is 2.34. The molecule has 2 aliphatic carbocycles. The molecule has 128 valence electrons. The second kappa shape index (κ2) is 5.57. The van der Waals surface area contributed by atoms with Gasteiger partial charge in [0.05, 0.1) is 6.20 Å². The van der Waals surface area contributed by atoms with Crippen LogP contribution in [0.4, 0.5) is 13.2 Å². The normalized spacial score (nSPS) is 28.2. The van der Waals surface area contributed by atoms with Crippen LogP contribution in [0.1, 0.15) is 31.2 Å². The molecule has 0 aliphatic heterocycles. The van der Waals surface area contributed by atoms with Gasteiger partial charge in [-0.25, -0.2) is 13.8 Å². The molecular formula is C17H19F3N4. The molecule has 2 unspecified atom stereocenters. The zero-order valence-electron chi connectivity index (χ0n) is 13.4. The van der Waals surface area contributed by atoms with Gasteiger partial charge < -0.3 is 0 Å². The number of aromatic nitrogens is 4. The first kappa shape index (κ1) is 15.6. The van der Waals surface area contributed by atoms with Gasteiger partial charge in [-0.2, -0.15) is 4.39 Å². The van der Waals surface area contributed by atoms with Gasteiger partial charge in [-0.3, -0.25) is 4.68 Å². The van der Waals surface area contributed by atoms with Gasteiger partial charge in [-0.1, -0.05) is 5.21 Å². The van der Waals surface area contributed by atoms with Crippen molar-refractivity contribution in [1.29, 1.82) is 0 Å². The number of nitrogens with zero attached hydrogens (tertiary/aromatic N) is 4. The Morgan fingerprint density at radius 1 is 1.21 bits per heavy atom. The average Bonchev–Trinajstić information content (AvgIpc) is 2.86. The number of halogens is 3. The molecular weight excluding hydrogens is 317 g/mol. The Morgan fingerprint density at radius 3 is 2.58 bits per heavy atom. The van der Waals surface area contributed by atoms with Crippen molar-refractivity contribution in [3.63, 3.8) is 0 Å². The summed E-state index contributed by atoms with van der Waals surface area (Å²) < 4.78 is 41.9. The predicted molar refractivity (Wildman–Crippen MR) is 81.8 cm³/mol. The van der Waals surface area contributed by atoms with E-state index in [1.807, 2.05) is 6.20 Å². The van der Waals surface area contributed by atoms with Crippen LogP contribution in [0, 0.1) is 30.6 Å². The molecule has 2 atom stereocenters. The Balaban J connectivity index is 1.41. The first-order valence-electron chi connectivity index (χ1n) is 8.35. The molecule has 4 nitrogen and oxygen atoms in total. The third kappa shape index (κ3) is 2.70. The van der Waals surface area contributed by atoms with Crippen molar-refractivity contribution in [3.8, 4) is 11.3 Å². The third-order valence-electron chi connectivity index (χ3n) is 5.43. The SMILES string of the molecule is Cc1cc(-c2cn(CC3CCC4C(CC3)C4(F)F)nn2)cnc1F. The molecule has 2 aromatic rings. The van der Waals surface area contributed by atoms with Gasteiger partial charge in [0.15, 0.2) is 0 Å². The standard InChI is InChI=1S/C17H19F3N4/c1-10-6-12(7-21-16(10)18)15-9-24(23-22-15)8-11-2-4-13-14(5-3-11)17(13,19)20/h6-7,9,11,13-14H,2-5,8H2,1H3. The maximum atomic E-state index is 13.4. The molecule has 2 heterocycles. The van der Waals surface area contributed by atoms with Gasteiger partial charge >= 0.3 is 0 Å². The maximum Gasteiger partial charge on any atom is 0.254 e. The molecule has 4 rings (SSSR count). The van der Waals surface area contributed by atoms with E-state index in [9.17, 15) is 13.2 Å². The number of hydrogen-bond donors (Lipinski definition) is 0. The second-order valence-electron chi connectivity index (χ2n) is 7.07. The van der Waals surface area contributed by atoms with E-state index in [1.54, 1.807) is 17.7 Å². The molecule has 7 heteroatoms. The highest BCUT2D eigenvalue weighted by atomic mass is 19.3. The van der Waals surface area contributed by atoms with Crippen LogP contribution < -0.4 is 0 Å². The summed E-state index contributed by atoms with van der Waals surface area (Å²) in [5.41, 5.74) is 1.83. The van der Waals surface area contributed by atoms with E-state index in [2.05, 4.69) is 15.3 Å². The summed E-state index contributed by atoms with van der Waals surface area (Å²) in [6, 6.07) is 1.69. The van der Waals surface area contributed by atoms with E-state index in [1.165, 1.54) is 6.20 Å². The number of alkyl halides is 2. The van der Waals surface area contributed by atoms with Gasteiger partial charge in [0, 0.05) is 35.7 Å². The van der Waals surface area contributed by atoms with Gasteiger partial charge in [0.2, 0.25) is 5.95 Å². The molecule has 0 saturated heterocycles. The fourth-order valence-corrected chi connectivity index (χ4v) is 3.89. The molecule has 2 aromatic heterocycles. The highest BCUT2D eigenvalue weighted by Crippen LogP contribution is 2.61. The van der Waals surface area contributed by atoms with Crippen molar-refractivity contribution in [3.05, 3.63) is 30.0 Å². The third-order valence-corrected chi connectivity index (χ3v) is 5.43. The smallest absolute Gasteiger partial charge is 0.252 e. The van der Waals surface area contributed by atoms with Crippen LogP contribution in [0.2, 0.25) is 0 Å². The Hall–Kier alpha value is -1.92. The van der Waals surface area contributed by atoms with Gasteiger partial charge in [-0.05, 0) is 44.6 Å². The topological polar surface area (TPSA) is 43.6 Å². The second-order valence-corrected chi connectivity index (χ2v) is 7.07. The summed E-state index contributed by atoms with van der Waals surface area (Å²) in [7, 11) is 0. The Labute approximate surface area is 138 Å². The lowest BCUT2D eigenvalue weighted by Crippen LogP contribution is -2.13. The van der Waals surface area contributed by atoms with E-state index in [0.717, 1.165) is 18.4 Å². The minimum Gasteiger partial charge on any atom is -0.252 e. The highest BCUT2D eigenvalue weighted by Gasteiger charge is 2.67. The molecule has 0 radical (unpaired) electrons. The molecule has 0 N–H and O–H groups in total. The quantitative estimate of drug-likeness (QED) is 0.800. The first-order valence-corrected chi connectivity index (χ1v) is 8.35. The van der Waals surface area contributed by atoms with Crippen molar-refractivity contribution < 1.29 is 13.2 Å². The summed E-state index contributed by atoms with van der Waals surface area (Å²) in [5, 5.41) is 8.25. The fraction of sp³-hybridized carbons (Fsp3) is 0.588. The highest BCUT2D eigenvalue weighted by molar-refractivity contribution is 5.57. The van der Waals surface area contributed by atoms with Crippen molar-refractivity contribution in [2.45, 2.75) is 45.1 Å². The lowest BCUT2D eigenvalue weighted by Gasteiger charge is -2.15. The lowest BCUT2D eigenvalue weighted by atomic mass is 9.98. The first-order chi connectivity index (χ1) is 11.4. The number of pyridine rings is 1. The molecule has 0 aromatic carbocycles. The Kier molecular flexibility index (Phi) is 3.62. The van der Waals surface area contributed by atoms with Crippen molar-refractivity contribution >= 4 is 0 Å². The molecule has 24 heavy (non-hydrogen) atoms. The summed E-state index contributed by atoms with van der Waals surface area (Å²) in [6.07, 6.45) is 6.08. The van der Waals surface area contributed by atoms with Crippen molar-refractivity contribution in [2.75, 3.05) is 0 Å². The molecule has 2 saturated carbocycles. The minimum atomic E-state index is -2.42. The number of hydrogen-bond acceptors (Lipinski definition) is 3. The van der Waals surface area contributed by atoms with Crippen LogP contribution in [-0.4, -0.2) is 25.9 Å². The monoisotopic (exact) mass is 336 g/mol. The molecule has 0 amide bonds. The average molecular weight is 336 g/mol. The van der Waals surface area contributed by atoms with Crippen LogP contribution in [0.15, 0.2) is 18.5 Å². The molecule has 0 spiro atoms. The summed E-state index contributed by atoms with van der Waals surface area (Å²) in [4.78, 5) is 3.70. The van der Waals surface area contributed by atoms with E-state index in [-0.39, 0.29) is 0 Å². The zero-order chi connectivity index (χ0) is 16.9. The van der Waals surface area contributed by atoms with Crippen LogP contribution >= 0.6 is 0 Å². The predicted octanol–water partition coefficient (Wildman–Crippen LogP) is 3.86. The number of fused-ring (bicyclic) bond motifs is 1. The van der Waals surface area contributed by atoms with Gasteiger partial charge in [0.25, 0.3) is 5.92 Å². The van der Waals surface area contributed by atoms with Crippen molar-refractivity contribution in [1.82, 2.24) is 20.0 Å². The van der Waals surface area contributed by atoms with E-state index in [4.69, 9.17) is 0 Å². The minimum absolute atomic E-state index is 0.358. The summed E-state index contributed by atoms with van der Waals surface area (Å²) >= 11 is 0. The van der Waals surface area contributed by atoms with Crippen LogP contribution in [0.5, 0.6) is 0 Å². The largest absolute Gasteiger partial charge is 0.254 e. The Morgan fingerprint density at radius 2 is 1.92 bits per heavy atom. The van der Waals surface area contributed by atoms with E-state index >= 15 is 0 Å². The van der Waals surface area contributed by atoms with Crippen LogP contribution in [0.3, 0.4) is 0 Å². The van der Waals surface area contributed by atoms with Gasteiger partial charge in [0.1, 0.15) is 5.69 Å². The number of aryl methyl sites for hydroxylation is 1. The lowest BCUT2D eigenvalue weighted by molar-refractivity contribution is 0.0747. The van der Waals surface area contributed by atoms with Crippen LogP contribution in [0.25, 0.3) is 11.3 Å². The maximum absolute atomic E-state index is 13.4. The Bertz CT molecular complexity index is 742. The molecule has 0 bridgehead atoms. The zero-order valence-corrected chi connectivity index (χ0v) is 13.4. The molecule has 2 fully saturated rings. The van der Waals surface area contributed by atoms with Gasteiger partial charge in [-0.15, -0.1) is 5.10 Å².